The molecule has 0 aromatic rings. The summed E-state index contributed by atoms with van der Waals surface area (Å²) in [6.45, 7) is 3.31. The number of nitrogens with one attached hydrogen (secondary N) is 1. The molecule has 1 unspecified atom stereocenters. The number of hydrogen-bond acceptors (Lipinski definition) is 2. The Kier molecular flexibility index (Phi) is 7.74. The molecular formula is C11H22BrNO. The standard InChI is InChI=1S/C11H22BrNO/c12-7-1-2-8-13-9-3-5-11-6-4-10-14-11/h11,13H,1-10H2. The Labute approximate surface area is 95.9 Å². The van der Waals surface area contributed by atoms with Crippen molar-refractivity contribution in [3.8, 4) is 0 Å². The molecule has 1 heterocycles. The average Bonchev–Trinajstić information content (AvgIpc) is 2.69. The van der Waals surface area contributed by atoms with Gasteiger partial charge in [0.05, 0.1) is 6.10 Å². The van der Waals surface area contributed by atoms with Gasteiger partial charge in [0.1, 0.15) is 0 Å². The molecule has 0 aromatic carbocycles. The molecule has 0 aromatic heterocycles. The van der Waals surface area contributed by atoms with Gasteiger partial charge in [-0.3, -0.25) is 0 Å². The highest BCUT2D eigenvalue weighted by molar-refractivity contribution is 9.09. The zero-order valence-corrected chi connectivity index (χ0v) is 10.5. The van der Waals surface area contributed by atoms with Crippen LogP contribution in [0.2, 0.25) is 0 Å². The summed E-state index contributed by atoms with van der Waals surface area (Å²) in [5, 5.41) is 4.60. The van der Waals surface area contributed by atoms with Gasteiger partial charge in [0.25, 0.3) is 0 Å². The molecule has 2 nitrogen and oxygen atoms in total. The third-order valence-electron chi connectivity index (χ3n) is 2.64. The lowest BCUT2D eigenvalue weighted by atomic mass is 10.1. The molecule has 1 aliphatic rings. The molecule has 1 atom stereocenters. The number of unbranched alkanes of at least 4 members (excludes halogenated alkanes) is 1. The first-order valence-electron chi connectivity index (χ1n) is 5.82. The normalized spacial score (nSPS) is 21.6. The summed E-state index contributed by atoms with van der Waals surface area (Å²) < 4.78 is 5.56. The first-order chi connectivity index (χ1) is 6.93. The van der Waals surface area contributed by atoms with Gasteiger partial charge >= 0.3 is 0 Å². The fourth-order valence-corrected chi connectivity index (χ4v) is 2.19. The van der Waals surface area contributed by atoms with Gasteiger partial charge in [-0.15, -0.1) is 0 Å². The van der Waals surface area contributed by atoms with Crippen molar-refractivity contribution in [2.75, 3.05) is 25.0 Å². The molecule has 0 amide bonds. The van der Waals surface area contributed by atoms with Crippen molar-refractivity contribution in [2.24, 2.45) is 0 Å². The maximum absolute atomic E-state index is 5.56. The molecule has 1 rings (SSSR count). The number of halogens is 1. The second-order valence-electron chi connectivity index (χ2n) is 3.92. The van der Waals surface area contributed by atoms with Gasteiger partial charge in [-0.2, -0.15) is 0 Å². The predicted octanol–water partition coefficient (Wildman–Crippen LogP) is 2.71. The lowest BCUT2D eigenvalue weighted by Crippen LogP contribution is -2.18. The monoisotopic (exact) mass is 263 g/mol. The van der Waals surface area contributed by atoms with Crippen LogP contribution >= 0.6 is 15.9 Å². The van der Waals surface area contributed by atoms with E-state index in [0.29, 0.717) is 6.10 Å². The van der Waals surface area contributed by atoms with Crippen LogP contribution in [0.4, 0.5) is 0 Å². The Bertz CT molecular complexity index is 126. The van der Waals surface area contributed by atoms with Crippen LogP contribution < -0.4 is 5.32 Å². The highest BCUT2D eigenvalue weighted by atomic mass is 79.9. The van der Waals surface area contributed by atoms with E-state index < -0.39 is 0 Å². The molecule has 0 aliphatic carbocycles. The van der Waals surface area contributed by atoms with Crippen LogP contribution in [0.15, 0.2) is 0 Å². The van der Waals surface area contributed by atoms with E-state index in [1.165, 1.54) is 38.5 Å². The van der Waals surface area contributed by atoms with Crippen molar-refractivity contribution in [3.63, 3.8) is 0 Å². The smallest absolute Gasteiger partial charge is 0.0576 e. The van der Waals surface area contributed by atoms with Gasteiger partial charge in [-0.1, -0.05) is 15.9 Å². The topological polar surface area (TPSA) is 21.3 Å². The first-order valence-corrected chi connectivity index (χ1v) is 6.94. The fraction of sp³-hybridized carbons (Fsp3) is 1.00. The molecule has 1 N–H and O–H groups in total. The van der Waals surface area contributed by atoms with E-state index >= 15 is 0 Å². The van der Waals surface area contributed by atoms with E-state index in [-0.39, 0.29) is 0 Å². The molecular weight excluding hydrogens is 242 g/mol. The largest absolute Gasteiger partial charge is 0.378 e. The summed E-state index contributed by atoms with van der Waals surface area (Å²) >= 11 is 3.43. The molecule has 3 heteroatoms. The van der Waals surface area contributed by atoms with Crippen LogP contribution in [0.3, 0.4) is 0 Å². The number of hydrogen-bond donors (Lipinski definition) is 1. The molecule has 84 valence electrons. The highest BCUT2D eigenvalue weighted by Crippen LogP contribution is 2.16. The lowest BCUT2D eigenvalue weighted by molar-refractivity contribution is 0.102. The van der Waals surface area contributed by atoms with Crippen molar-refractivity contribution in [1.29, 1.82) is 0 Å². The van der Waals surface area contributed by atoms with Crippen LogP contribution in [-0.2, 0) is 4.74 Å². The van der Waals surface area contributed by atoms with Gasteiger partial charge in [0.2, 0.25) is 0 Å². The van der Waals surface area contributed by atoms with E-state index in [1.54, 1.807) is 0 Å². The van der Waals surface area contributed by atoms with Crippen LogP contribution in [0, 0.1) is 0 Å². The molecule has 0 saturated carbocycles. The third kappa shape index (κ3) is 5.99. The Hall–Kier alpha value is 0.400. The van der Waals surface area contributed by atoms with E-state index in [4.69, 9.17) is 4.74 Å². The molecule has 0 bridgehead atoms. The Morgan fingerprint density at radius 3 is 2.79 bits per heavy atom. The van der Waals surface area contributed by atoms with E-state index in [9.17, 15) is 0 Å². The summed E-state index contributed by atoms with van der Waals surface area (Å²) in [6, 6.07) is 0. The van der Waals surface area contributed by atoms with Crippen molar-refractivity contribution in [3.05, 3.63) is 0 Å². The van der Waals surface area contributed by atoms with Gasteiger partial charge in [-0.25, -0.2) is 0 Å². The molecule has 1 aliphatic heterocycles. The SMILES string of the molecule is BrCCCCNCCCC1CCCO1. The van der Waals surface area contributed by atoms with Crippen LogP contribution in [0.1, 0.15) is 38.5 Å². The number of alkyl halides is 1. The molecule has 1 fully saturated rings. The van der Waals surface area contributed by atoms with Crippen molar-refractivity contribution in [1.82, 2.24) is 5.32 Å². The number of ether oxygens (including phenoxy) is 1. The minimum Gasteiger partial charge on any atom is -0.378 e. The summed E-state index contributed by atoms with van der Waals surface area (Å²) in [5.41, 5.74) is 0. The van der Waals surface area contributed by atoms with Crippen LogP contribution in [-0.4, -0.2) is 31.1 Å². The van der Waals surface area contributed by atoms with E-state index in [0.717, 1.165) is 25.0 Å². The zero-order valence-electron chi connectivity index (χ0n) is 8.93. The van der Waals surface area contributed by atoms with E-state index in [1.807, 2.05) is 0 Å². The lowest BCUT2D eigenvalue weighted by Gasteiger charge is -2.09. The van der Waals surface area contributed by atoms with Crippen molar-refractivity contribution in [2.45, 2.75) is 44.6 Å². The average molecular weight is 264 g/mol. The van der Waals surface area contributed by atoms with E-state index in [2.05, 4.69) is 21.2 Å². The summed E-state index contributed by atoms with van der Waals surface area (Å²) in [4.78, 5) is 0. The zero-order chi connectivity index (χ0) is 10.1. The van der Waals surface area contributed by atoms with Crippen molar-refractivity contribution >= 4 is 15.9 Å². The number of rotatable bonds is 8. The van der Waals surface area contributed by atoms with Gasteiger partial charge in [0, 0.05) is 11.9 Å². The maximum atomic E-state index is 5.56. The highest BCUT2D eigenvalue weighted by Gasteiger charge is 2.13. The molecule has 0 spiro atoms. The summed E-state index contributed by atoms with van der Waals surface area (Å²) in [6.07, 6.45) is 8.18. The quantitative estimate of drug-likeness (QED) is 0.537. The minimum atomic E-state index is 0.569. The Balaban J connectivity index is 1.75. The van der Waals surface area contributed by atoms with Gasteiger partial charge in [0.15, 0.2) is 0 Å². The molecule has 14 heavy (non-hydrogen) atoms. The molecule has 0 radical (unpaired) electrons. The summed E-state index contributed by atoms with van der Waals surface area (Å²) in [5.74, 6) is 0. The minimum absolute atomic E-state index is 0.569. The first kappa shape index (κ1) is 12.5. The van der Waals surface area contributed by atoms with Gasteiger partial charge in [-0.05, 0) is 51.6 Å². The van der Waals surface area contributed by atoms with Crippen LogP contribution in [0.25, 0.3) is 0 Å². The van der Waals surface area contributed by atoms with Crippen molar-refractivity contribution < 1.29 is 4.74 Å². The maximum Gasteiger partial charge on any atom is 0.0576 e. The predicted molar refractivity (Wildman–Crippen MR) is 64.1 cm³/mol. The fourth-order valence-electron chi connectivity index (χ4n) is 1.80. The second kappa shape index (κ2) is 8.69. The Morgan fingerprint density at radius 2 is 2.07 bits per heavy atom. The Morgan fingerprint density at radius 1 is 1.21 bits per heavy atom. The second-order valence-corrected chi connectivity index (χ2v) is 4.72. The third-order valence-corrected chi connectivity index (χ3v) is 3.20. The van der Waals surface area contributed by atoms with Gasteiger partial charge < -0.3 is 10.1 Å². The summed E-state index contributed by atoms with van der Waals surface area (Å²) in [7, 11) is 0. The van der Waals surface area contributed by atoms with Crippen LogP contribution in [0.5, 0.6) is 0 Å². The molecule has 1 saturated heterocycles.